The molecule has 0 spiro atoms. The molecule has 0 aliphatic heterocycles. The smallest absolute Gasteiger partial charge is 0.261 e. The summed E-state index contributed by atoms with van der Waals surface area (Å²) in [6, 6.07) is 14.4. The molecule has 0 aromatic heterocycles. The number of carbonyl (C=O) groups is 2. The first-order valence-corrected chi connectivity index (χ1v) is 11.6. The van der Waals surface area contributed by atoms with E-state index in [0.29, 0.717) is 10.8 Å². The molecule has 0 heterocycles. The highest BCUT2D eigenvalue weighted by Gasteiger charge is 2.29. The van der Waals surface area contributed by atoms with Gasteiger partial charge >= 0.3 is 0 Å². The van der Waals surface area contributed by atoms with Crippen LogP contribution in [0.5, 0.6) is 5.75 Å². The van der Waals surface area contributed by atoms with Gasteiger partial charge in [-0.05, 0) is 78.3 Å². The molecule has 0 unspecified atom stereocenters. The number of hydrogen-bond donors (Lipinski definition) is 1. The average molecular weight is 541 g/mol. The fraction of sp³-hybridized carbons (Fsp3) is 0.391. The molecular formula is C23H26ClIN2O3. The van der Waals surface area contributed by atoms with Crippen molar-refractivity contribution in [3.05, 3.63) is 62.7 Å². The van der Waals surface area contributed by atoms with Crippen molar-refractivity contribution in [3.63, 3.8) is 0 Å². The summed E-state index contributed by atoms with van der Waals surface area (Å²) in [5.74, 6) is 0.212. The van der Waals surface area contributed by atoms with Crippen LogP contribution in [0.1, 0.15) is 38.2 Å². The van der Waals surface area contributed by atoms with E-state index >= 15 is 0 Å². The minimum Gasteiger partial charge on any atom is -0.484 e. The van der Waals surface area contributed by atoms with Crippen molar-refractivity contribution in [2.24, 2.45) is 0 Å². The Bertz CT molecular complexity index is 869. The topological polar surface area (TPSA) is 58.6 Å². The predicted octanol–water partition coefficient (Wildman–Crippen LogP) is 4.80. The van der Waals surface area contributed by atoms with Gasteiger partial charge in [0.05, 0.1) is 0 Å². The third-order valence-electron chi connectivity index (χ3n) is 5.34. The Morgan fingerprint density at radius 1 is 1.17 bits per heavy atom. The fourth-order valence-electron chi connectivity index (χ4n) is 3.54. The number of nitrogens with zero attached hydrogens (tertiary/aromatic N) is 1. The predicted molar refractivity (Wildman–Crippen MR) is 127 cm³/mol. The summed E-state index contributed by atoms with van der Waals surface area (Å²) in [4.78, 5) is 27.5. The number of rotatable bonds is 8. The van der Waals surface area contributed by atoms with Gasteiger partial charge in [-0.25, -0.2) is 0 Å². The molecule has 1 aliphatic rings. The van der Waals surface area contributed by atoms with Gasteiger partial charge in [0.15, 0.2) is 6.61 Å². The molecule has 1 N–H and O–H groups in total. The second-order valence-electron chi connectivity index (χ2n) is 7.52. The van der Waals surface area contributed by atoms with Crippen LogP contribution in [0.4, 0.5) is 0 Å². The molecule has 0 bridgehead atoms. The molecule has 7 heteroatoms. The van der Waals surface area contributed by atoms with E-state index in [4.69, 9.17) is 16.3 Å². The number of halogens is 2. The van der Waals surface area contributed by atoms with E-state index in [0.717, 1.165) is 34.8 Å². The zero-order valence-electron chi connectivity index (χ0n) is 16.9. The SMILES string of the molecule is C[C@H](C(=O)NC1CCCC1)N(Cc1ccccc1Cl)C(=O)COc1ccc(I)cc1. The maximum absolute atomic E-state index is 13.1. The summed E-state index contributed by atoms with van der Waals surface area (Å²) >= 11 is 8.52. The molecule has 30 heavy (non-hydrogen) atoms. The van der Waals surface area contributed by atoms with Crippen molar-refractivity contribution in [1.29, 1.82) is 0 Å². The summed E-state index contributed by atoms with van der Waals surface area (Å²) in [6.45, 7) is 1.85. The molecule has 1 saturated carbocycles. The van der Waals surface area contributed by atoms with E-state index in [-0.39, 0.29) is 31.0 Å². The lowest BCUT2D eigenvalue weighted by molar-refractivity contribution is -0.142. The van der Waals surface area contributed by atoms with Gasteiger partial charge in [0.1, 0.15) is 11.8 Å². The number of amides is 2. The summed E-state index contributed by atoms with van der Waals surface area (Å²) in [7, 11) is 0. The first kappa shape index (κ1) is 22.9. The Hall–Kier alpha value is -1.80. The highest BCUT2D eigenvalue weighted by atomic mass is 127. The van der Waals surface area contributed by atoms with E-state index < -0.39 is 6.04 Å². The van der Waals surface area contributed by atoms with E-state index in [1.807, 2.05) is 42.5 Å². The number of hydrogen-bond acceptors (Lipinski definition) is 3. The van der Waals surface area contributed by atoms with Crippen LogP contribution < -0.4 is 10.1 Å². The van der Waals surface area contributed by atoms with E-state index in [9.17, 15) is 9.59 Å². The van der Waals surface area contributed by atoms with Crippen LogP contribution in [0.3, 0.4) is 0 Å². The zero-order valence-corrected chi connectivity index (χ0v) is 19.9. The van der Waals surface area contributed by atoms with E-state index in [1.165, 1.54) is 4.90 Å². The Morgan fingerprint density at radius 2 is 1.83 bits per heavy atom. The summed E-state index contributed by atoms with van der Waals surface area (Å²) in [5.41, 5.74) is 0.794. The first-order chi connectivity index (χ1) is 14.4. The second-order valence-corrected chi connectivity index (χ2v) is 9.17. The molecule has 2 aromatic rings. The summed E-state index contributed by atoms with van der Waals surface area (Å²) in [5, 5.41) is 3.65. The Kier molecular flexibility index (Phi) is 8.39. The molecule has 5 nitrogen and oxygen atoms in total. The summed E-state index contributed by atoms with van der Waals surface area (Å²) < 4.78 is 6.76. The lowest BCUT2D eigenvalue weighted by Gasteiger charge is -2.30. The quantitative estimate of drug-likeness (QED) is 0.490. The average Bonchev–Trinajstić information content (AvgIpc) is 3.25. The van der Waals surface area contributed by atoms with Gasteiger partial charge in [0, 0.05) is 21.2 Å². The highest BCUT2D eigenvalue weighted by molar-refractivity contribution is 14.1. The third-order valence-corrected chi connectivity index (χ3v) is 6.43. The maximum Gasteiger partial charge on any atom is 0.261 e. The van der Waals surface area contributed by atoms with Crippen molar-refractivity contribution < 1.29 is 14.3 Å². The molecular weight excluding hydrogens is 515 g/mol. The van der Waals surface area contributed by atoms with Crippen LogP contribution in [0.25, 0.3) is 0 Å². The van der Waals surface area contributed by atoms with Gasteiger partial charge < -0.3 is 15.0 Å². The zero-order chi connectivity index (χ0) is 21.5. The molecule has 3 rings (SSSR count). The number of carbonyl (C=O) groups excluding carboxylic acids is 2. The van der Waals surface area contributed by atoms with Crippen molar-refractivity contribution in [3.8, 4) is 5.75 Å². The van der Waals surface area contributed by atoms with Gasteiger partial charge in [0.25, 0.3) is 5.91 Å². The molecule has 1 atom stereocenters. The van der Waals surface area contributed by atoms with Gasteiger partial charge in [-0.15, -0.1) is 0 Å². The van der Waals surface area contributed by atoms with Crippen molar-refractivity contribution in [2.75, 3.05) is 6.61 Å². The highest BCUT2D eigenvalue weighted by Crippen LogP contribution is 2.21. The van der Waals surface area contributed by atoms with E-state index in [1.54, 1.807) is 13.0 Å². The third kappa shape index (κ3) is 6.35. The van der Waals surface area contributed by atoms with Crippen molar-refractivity contribution in [1.82, 2.24) is 10.2 Å². The van der Waals surface area contributed by atoms with Gasteiger partial charge in [-0.3, -0.25) is 9.59 Å². The van der Waals surface area contributed by atoms with Crippen LogP contribution in [0, 0.1) is 3.57 Å². The van der Waals surface area contributed by atoms with Gasteiger partial charge in [-0.2, -0.15) is 0 Å². The minimum atomic E-state index is -0.630. The molecule has 2 amide bonds. The largest absolute Gasteiger partial charge is 0.484 e. The molecule has 1 aliphatic carbocycles. The standard InChI is InChI=1S/C23H26ClIN2O3/c1-16(23(29)26-19-7-3-4-8-19)27(14-17-6-2-5-9-21(17)24)22(28)15-30-20-12-10-18(25)11-13-20/h2,5-6,9-13,16,19H,3-4,7-8,14-15H2,1H3,(H,26,29)/t16-/m1/s1. The fourth-order valence-corrected chi connectivity index (χ4v) is 4.10. The Balaban J connectivity index is 1.71. The second kappa shape index (κ2) is 11.0. The minimum absolute atomic E-state index is 0.142. The molecule has 0 saturated heterocycles. The molecule has 160 valence electrons. The molecule has 0 radical (unpaired) electrons. The normalized spacial score (nSPS) is 14.9. The van der Waals surface area contributed by atoms with Crippen LogP contribution in [0.2, 0.25) is 5.02 Å². The molecule has 1 fully saturated rings. The first-order valence-electron chi connectivity index (χ1n) is 10.2. The lowest BCUT2D eigenvalue weighted by Crippen LogP contribution is -2.50. The van der Waals surface area contributed by atoms with Crippen LogP contribution in [-0.4, -0.2) is 35.4 Å². The number of ether oxygens (including phenoxy) is 1. The Labute approximate surface area is 196 Å². The summed E-state index contributed by atoms with van der Waals surface area (Å²) in [6.07, 6.45) is 4.25. The van der Waals surface area contributed by atoms with Crippen LogP contribution in [0.15, 0.2) is 48.5 Å². The van der Waals surface area contributed by atoms with Crippen LogP contribution >= 0.6 is 34.2 Å². The number of nitrogens with one attached hydrogen (secondary N) is 1. The van der Waals surface area contributed by atoms with Gasteiger partial charge in [0.2, 0.25) is 5.91 Å². The van der Waals surface area contributed by atoms with E-state index in [2.05, 4.69) is 27.9 Å². The van der Waals surface area contributed by atoms with Gasteiger partial charge in [-0.1, -0.05) is 42.6 Å². The monoisotopic (exact) mass is 540 g/mol. The number of benzene rings is 2. The van der Waals surface area contributed by atoms with Crippen molar-refractivity contribution in [2.45, 2.75) is 51.2 Å². The Morgan fingerprint density at radius 3 is 2.50 bits per heavy atom. The van der Waals surface area contributed by atoms with Crippen molar-refractivity contribution >= 4 is 46.0 Å². The molecule has 2 aromatic carbocycles. The lowest BCUT2D eigenvalue weighted by atomic mass is 10.1. The van der Waals surface area contributed by atoms with Crippen LogP contribution in [-0.2, 0) is 16.1 Å². The maximum atomic E-state index is 13.1.